The summed E-state index contributed by atoms with van der Waals surface area (Å²) < 4.78 is 5.15. The number of benzene rings is 1. The maximum atomic E-state index is 12.5. The van der Waals surface area contributed by atoms with E-state index in [1.165, 1.54) is 0 Å². The van der Waals surface area contributed by atoms with Crippen molar-refractivity contribution in [1.82, 2.24) is 5.32 Å². The summed E-state index contributed by atoms with van der Waals surface area (Å²) in [5.74, 6) is 0.699. The number of hydrogen-bond acceptors (Lipinski definition) is 3. The fourth-order valence-electron chi connectivity index (χ4n) is 2.38. The molecule has 5 heteroatoms. The van der Waals surface area contributed by atoms with Crippen LogP contribution in [-0.4, -0.2) is 26.1 Å². The third-order valence-electron chi connectivity index (χ3n) is 3.82. The summed E-state index contributed by atoms with van der Waals surface area (Å²) in [5, 5.41) is 6.70. The first-order valence-corrected chi connectivity index (χ1v) is 6.85. The predicted octanol–water partition coefficient (Wildman–Crippen LogP) is 2.68. The highest BCUT2D eigenvalue weighted by Crippen LogP contribution is 2.33. The molecule has 0 radical (unpaired) electrons. The zero-order valence-corrected chi connectivity index (χ0v) is 12.0. The largest absolute Gasteiger partial charge is 0.497 e. The van der Waals surface area contributed by atoms with Crippen molar-refractivity contribution in [3.8, 4) is 5.75 Å². The third kappa shape index (κ3) is 2.85. The molecule has 2 N–H and O–H groups in total. The second kappa shape index (κ2) is 5.80. The Morgan fingerprint density at radius 3 is 2.95 bits per heavy atom. The predicted molar refractivity (Wildman–Crippen MR) is 76.8 cm³/mol. The number of hydrogen-bond donors (Lipinski definition) is 2. The van der Waals surface area contributed by atoms with Crippen molar-refractivity contribution >= 4 is 23.2 Å². The molecule has 1 amide bonds. The van der Waals surface area contributed by atoms with Gasteiger partial charge in [-0.25, -0.2) is 0 Å². The monoisotopic (exact) mass is 282 g/mol. The van der Waals surface area contributed by atoms with Crippen LogP contribution in [0, 0.1) is 5.41 Å². The summed E-state index contributed by atoms with van der Waals surface area (Å²) in [6.07, 6.45) is 1.67. The SMILES string of the molecule is CCC1(C(=O)Nc2cc(OC)ccc2Cl)CCNC1. The molecule has 19 heavy (non-hydrogen) atoms. The molecule has 1 aromatic carbocycles. The van der Waals surface area contributed by atoms with Gasteiger partial charge in [0.1, 0.15) is 5.75 Å². The van der Waals surface area contributed by atoms with Gasteiger partial charge in [-0.3, -0.25) is 4.79 Å². The molecule has 1 aliphatic heterocycles. The number of ether oxygens (including phenoxy) is 1. The standard InChI is InChI=1S/C14H19ClN2O2/c1-3-14(6-7-16-9-14)13(18)17-12-8-10(19-2)4-5-11(12)15/h4-5,8,16H,3,6-7,9H2,1-2H3,(H,17,18). The van der Waals surface area contributed by atoms with Gasteiger partial charge in [0.2, 0.25) is 5.91 Å². The highest BCUT2D eigenvalue weighted by atomic mass is 35.5. The lowest BCUT2D eigenvalue weighted by Crippen LogP contribution is -2.37. The number of halogens is 1. The van der Waals surface area contributed by atoms with Gasteiger partial charge in [-0.1, -0.05) is 18.5 Å². The van der Waals surface area contributed by atoms with Crippen molar-refractivity contribution in [2.45, 2.75) is 19.8 Å². The molecule has 1 aliphatic rings. The maximum Gasteiger partial charge on any atom is 0.231 e. The molecule has 0 aromatic heterocycles. The molecule has 2 rings (SSSR count). The maximum absolute atomic E-state index is 12.5. The highest BCUT2D eigenvalue weighted by Gasteiger charge is 2.39. The van der Waals surface area contributed by atoms with Crippen molar-refractivity contribution in [2.75, 3.05) is 25.5 Å². The Bertz CT molecular complexity index is 471. The Labute approximate surface area is 118 Å². The second-order valence-electron chi connectivity index (χ2n) is 4.86. The fourth-order valence-corrected chi connectivity index (χ4v) is 2.55. The first-order valence-electron chi connectivity index (χ1n) is 6.47. The number of amides is 1. The number of methoxy groups -OCH3 is 1. The van der Waals surface area contributed by atoms with E-state index in [0.29, 0.717) is 16.5 Å². The molecule has 0 aliphatic carbocycles. The molecule has 0 bridgehead atoms. The third-order valence-corrected chi connectivity index (χ3v) is 4.15. The average Bonchev–Trinajstić information content (AvgIpc) is 2.91. The topological polar surface area (TPSA) is 50.4 Å². The molecular formula is C14H19ClN2O2. The Balaban J connectivity index is 2.18. The van der Waals surface area contributed by atoms with Gasteiger partial charge in [0, 0.05) is 12.6 Å². The molecule has 1 atom stereocenters. The summed E-state index contributed by atoms with van der Waals surface area (Å²) in [4.78, 5) is 12.5. The highest BCUT2D eigenvalue weighted by molar-refractivity contribution is 6.33. The van der Waals surface area contributed by atoms with Crippen molar-refractivity contribution in [1.29, 1.82) is 0 Å². The van der Waals surface area contributed by atoms with Crippen molar-refractivity contribution in [3.05, 3.63) is 23.2 Å². The fraction of sp³-hybridized carbons (Fsp3) is 0.500. The van der Waals surface area contributed by atoms with Crippen LogP contribution in [0.1, 0.15) is 19.8 Å². The van der Waals surface area contributed by atoms with Crippen LogP contribution in [0.25, 0.3) is 0 Å². The van der Waals surface area contributed by atoms with Crippen LogP contribution >= 0.6 is 11.6 Å². The quantitative estimate of drug-likeness (QED) is 0.893. The van der Waals surface area contributed by atoms with E-state index >= 15 is 0 Å². The number of carbonyl (C=O) groups is 1. The van der Waals surface area contributed by atoms with Gasteiger partial charge in [-0.15, -0.1) is 0 Å². The Kier molecular flexibility index (Phi) is 4.32. The summed E-state index contributed by atoms with van der Waals surface area (Å²) in [7, 11) is 1.59. The van der Waals surface area contributed by atoms with Gasteiger partial charge >= 0.3 is 0 Å². The lowest BCUT2D eigenvalue weighted by atomic mass is 9.83. The lowest BCUT2D eigenvalue weighted by Gasteiger charge is -2.25. The summed E-state index contributed by atoms with van der Waals surface area (Å²) in [6, 6.07) is 5.23. The first kappa shape index (κ1) is 14.2. The Hall–Kier alpha value is -1.26. The second-order valence-corrected chi connectivity index (χ2v) is 5.27. The summed E-state index contributed by atoms with van der Waals surface area (Å²) in [6.45, 7) is 3.64. The average molecular weight is 283 g/mol. The van der Waals surface area contributed by atoms with Crippen molar-refractivity contribution in [2.24, 2.45) is 5.41 Å². The minimum absolute atomic E-state index is 0.0233. The van der Waals surface area contributed by atoms with Gasteiger partial charge in [-0.2, -0.15) is 0 Å². The zero-order valence-electron chi connectivity index (χ0n) is 11.3. The van der Waals surface area contributed by atoms with E-state index in [1.807, 2.05) is 6.92 Å². The Morgan fingerprint density at radius 1 is 1.58 bits per heavy atom. The molecule has 4 nitrogen and oxygen atoms in total. The number of nitrogens with one attached hydrogen (secondary N) is 2. The molecule has 104 valence electrons. The minimum Gasteiger partial charge on any atom is -0.497 e. The van der Waals surface area contributed by atoms with Crippen LogP contribution in [0.5, 0.6) is 5.75 Å². The van der Waals surface area contributed by atoms with Gasteiger partial charge in [-0.05, 0) is 31.5 Å². The first-order chi connectivity index (χ1) is 9.11. The van der Waals surface area contributed by atoms with Crippen LogP contribution in [0.15, 0.2) is 18.2 Å². The van der Waals surface area contributed by atoms with Gasteiger partial charge in [0.15, 0.2) is 0 Å². The molecular weight excluding hydrogens is 264 g/mol. The van der Waals surface area contributed by atoms with E-state index < -0.39 is 0 Å². The van der Waals surface area contributed by atoms with E-state index in [0.717, 1.165) is 25.9 Å². The van der Waals surface area contributed by atoms with Crippen LogP contribution in [0.3, 0.4) is 0 Å². The molecule has 1 heterocycles. The zero-order chi connectivity index (χ0) is 13.9. The van der Waals surface area contributed by atoms with Crippen molar-refractivity contribution in [3.63, 3.8) is 0 Å². The van der Waals surface area contributed by atoms with Crippen LogP contribution in [0.2, 0.25) is 5.02 Å². The number of anilines is 1. The van der Waals surface area contributed by atoms with E-state index in [9.17, 15) is 4.79 Å². The van der Waals surface area contributed by atoms with E-state index in [-0.39, 0.29) is 11.3 Å². The smallest absolute Gasteiger partial charge is 0.231 e. The number of rotatable bonds is 4. The summed E-state index contributed by atoms with van der Waals surface area (Å²) in [5.41, 5.74) is 0.276. The molecule has 0 saturated carbocycles. The molecule has 1 fully saturated rings. The Morgan fingerprint density at radius 2 is 2.37 bits per heavy atom. The molecule has 1 aromatic rings. The van der Waals surface area contributed by atoms with Gasteiger partial charge < -0.3 is 15.4 Å². The number of carbonyl (C=O) groups excluding carboxylic acids is 1. The van der Waals surface area contributed by atoms with E-state index in [4.69, 9.17) is 16.3 Å². The lowest BCUT2D eigenvalue weighted by molar-refractivity contribution is -0.124. The molecule has 0 spiro atoms. The van der Waals surface area contributed by atoms with Gasteiger partial charge in [0.05, 0.1) is 23.2 Å². The summed E-state index contributed by atoms with van der Waals surface area (Å²) >= 11 is 6.11. The normalized spacial score (nSPS) is 22.3. The molecule has 1 saturated heterocycles. The van der Waals surface area contributed by atoms with Crippen LogP contribution in [0.4, 0.5) is 5.69 Å². The van der Waals surface area contributed by atoms with Gasteiger partial charge in [0.25, 0.3) is 0 Å². The van der Waals surface area contributed by atoms with E-state index in [2.05, 4.69) is 10.6 Å². The van der Waals surface area contributed by atoms with Crippen LogP contribution < -0.4 is 15.4 Å². The van der Waals surface area contributed by atoms with E-state index in [1.54, 1.807) is 25.3 Å². The minimum atomic E-state index is -0.327. The van der Waals surface area contributed by atoms with Crippen LogP contribution in [-0.2, 0) is 4.79 Å². The van der Waals surface area contributed by atoms with Crippen molar-refractivity contribution < 1.29 is 9.53 Å². The molecule has 1 unspecified atom stereocenters.